The number of fused-ring (bicyclic) bond motifs is 1. The van der Waals surface area contributed by atoms with Crippen molar-refractivity contribution in [3.8, 4) is 0 Å². The number of hydrogen-bond donors (Lipinski definition) is 2. The Morgan fingerprint density at radius 3 is 2.85 bits per heavy atom. The van der Waals surface area contributed by atoms with Crippen LogP contribution in [0.1, 0.15) is 24.6 Å². The highest BCUT2D eigenvalue weighted by atomic mass is 15.2. The standard InChI is InChI=1S/C15H23N5/c1-4-8-17-15(16-3)18-9-7-13-11-20-10-5-6-12(2)14(20)19-13/h5-6,10-11H,4,7-9H2,1-3H3,(H2,16,17,18). The van der Waals surface area contributed by atoms with Gasteiger partial charge in [-0.15, -0.1) is 0 Å². The molecule has 0 fully saturated rings. The first-order chi connectivity index (χ1) is 9.74. The van der Waals surface area contributed by atoms with E-state index >= 15 is 0 Å². The lowest BCUT2D eigenvalue weighted by atomic mass is 10.3. The number of hydrogen-bond acceptors (Lipinski definition) is 2. The SMILES string of the molecule is CCCNC(=NC)NCCc1cn2cccc(C)c2n1. The lowest BCUT2D eigenvalue weighted by Crippen LogP contribution is -2.38. The largest absolute Gasteiger partial charge is 0.356 e. The number of aliphatic imine (C=N–C) groups is 1. The second-order valence-electron chi connectivity index (χ2n) is 4.83. The molecule has 0 saturated carbocycles. The summed E-state index contributed by atoms with van der Waals surface area (Å²) in [4.78, 5) is 8.84. The molecule has 0 amide bonds. The zero-order valence-corrected chi connectivity index (χ0v) is 12.5. The Bertz CT molecular complexity index is 585. The van der Waals surface area contributed by atoms with Crippen molar-refractivity contribution < 1.29 is 0 Å². The van der Waals surface area contributed by atoms with E-state index in [1.165, 1.54) is 5.56 Å². The highest BCUT2D eigenvalue weighted by Gasteiger charge is 2.04. The third kappa shape index (κ3) is 3.50. The zero-order chi connectivity index (χ0) is 14.4. The van der Waals surface area contributed by atoms with Gasteiger partial charge in [-0.3, -0.25) is 4.99 Å². The normalized spacial score (nSPS) is 11.8. The fraction of sp³-hybridized carbons (Fsp3) is 0.467. The molecule has 0 bridgehead atoms. The first-order valence-electron chi connectivity index (χ1n) is 7.12. The molecule has 0 aromatic carbocycles. The van der Waals surface area contributed by atoms with Gasteiger partial charge in [-0.25, -0.2) is 4.98 Å². The number of nitrogens with zero attached hydrogens (tertiary/aromatic N) is 3. The maximum atomic E-state index is 4.66. The minimum absolute atomic E-state index is 0.826. The smallest absolute Gasteiger partial charge is 0.190 e. The number of pyridine rings is 1. The van der Waals surface area contributed by atoms with Gasteiger partial charge in [0, 0.05) is 39.0 Å². The van der Waals surface area contributed by atoms with Crippen molar-refractivity contribution >= 4 is 11.6 Å². The van der Waals surface area contributed by atoms with Crippen LogP contribution in [0.15, 0.2) is 29.5 Å². The predicted octanol–water partition coefficient (Wildman–Crippen LogP) is 1.76. The molecule has 0 aliphatic carbocycles. The lowest BCUT2D eigenvalue weighted by molar-refractivity contribution is 0.769. The average Bonchev–Trinajstić information content (AvgIpc) is 2.87. The molecular formula is C15H23N5. The monoisotopic (exact) mass is 273 g/mol. The minimum atomic E-state index is 0.826. The number of nitrogens with one attached hydrogen (secondary N) is 2. The summed E-state index contributed by atoms with van der Waals surface area (Å²) in [6, 6.07) is 4.13. The fourth-order valence-corrected chi connectivity index (χ4v) is 2.10. The molecule has 2 rings (SSSR count). The van der Waals surface area contributed by atoms with E-state index in [1.54, 1.807) is 7.05 Å². The van der Waals surface area contributed by atoms with E-state index in [1.807, 2.05) is 12.3 Å². The summed E-state index contributed by atoms with van der Waals surface area (Å²) in [6.07, 6.45) is 6.10. The first kappa shape index (κ1) is 14.4. The van der Waals surface area contributed by atoms with Gasteiger partial charge in [-0.05, 0) is 25.0 Å². The molecule has 0 aliphatic heterocycles. The van der Waals surface area contributed by atoms with E-state index in [-0.39, 0.29) is 0 Å². The van der Waals surface area contributed by atoms with E-state index in [0.717, 1.165) is 43.2 Å². The van der Waals surface area contributed by atoms with Crippen LogP contribution in [0, 0.1) is 6.92 Å². The van der Waals surface area contributed by atoms with Crippen molar-refractivity contribution in [3.63, 3.8) is 0 Å². The van der Waals surface area contributed by atoms with Crippen molar-refractivity contribution in [2.45, 2.75) is 26.7 Å². The van der Waals surface area contributed by atoms with E-state index < -0.39 is 0 Å². The minimum Gasteiger partial charge on any atom is -0.356 e. The second-order valence-corrected chi connectivity index (χ2v) is 4.83. The Morgan fingerprint density at radius 2 is 2.15 bits per heavy atom. The van der Waals surface area contributed by atoms with Crippen LogP contribution in [0.2, 0.25) is 0 Å². The molecule has 108 valence electrons. The molecular weight excluding hydrogens is 250 g/mol. The van der Waals surface area contributed by atoms with E-state index in [2.05, 4.69) is 51.1 Å². The number of aromatic nitrogens is 2. The summed E-state index contributed by atoms with van der Waals surface area (Å²) in [5.41, 5.74) is 3.33. The zero-order valence-electron chi connectivity index (χ0n) is 12.5. The van der Waals surface area contributed by atoms with Crippen LogP contribution < -0.4 is 10.6 Å². The highest BCUT2D eigenvalue weighted by molar-refractivity contribution is 5.79. The molecule has 5 nitrogen and oxygen atoms in total. The van der Waals surface area contributed by atoms with Crippen LogP contribution >= 0.6 is 0 Å². The third-order valence-electron chi connectivity index (χ3n) is 3.17. The Hall–Kier alpha value is -2.04. The molecule has 2 aromatic heterocycles. The summed E-state index contributed by atoms with van der Waals surface area (Å²) in [5.74, 6) is 0.854. The molecule has 2 heterocycles. The maximum absolute atomic E-state index is 4.66. The third-order valence-corrected chi connectivity index (χ3v) is 3.17. The summed E-state index contributed by atoms with van der Waals surface area (Å²) in [7, 11) is 1.79. The van der Waals surface area contributed by atoms with Gasteiger partial charge in [-0.2, -0.15) is 0 Å². The van der Waals surface area contributed by atoms with Crippen molar-refractivity contribution in [1.82, 2.24) is 20.0 Å². The van der Waals surface area contributed by atoms with Crippen LogP contribution in [0.4, 0.5) is 0 Å². The molecule has 0 saturated heterocycles. The van der Waals surface area contributed by atoms with Crippen LogP contribution in [-0.4, -0.2) is 35.5 Å². The molecule has 0 aliphatic rings. The number of imidazole rings is 1. The van der Waals surface area contributed by atoms with Crippen LogP contribution in [0.25, 0.3) is 5.65 Å². The molecule has 2 N–H and O–H groups in total. The van der Waals surface area contributed by atoms with Gasteiger partial charge >= 0.3 is 0 Å². The first-order valence-corrected chi connectivity index (χ1v) is 7.12. The highest BCUT2D eigenvalue weighted by Crippen LogP contribution is 2.09. The van der Waals surface area contributed by atoms with Crippen LogP contribution in [-0.2, 0) is 6.42 Å². The summed E-state index contributed by atoms with van der Waals surface area (Å²) in [5, 5.41) is 6.56. The van der Waals surface area contributed by atoms with Crippen LogP contribution in [0.3, 0.4) is 0 Å². The molecule has 0 atom stereocenters. The van der Waals surface area contributed by atoms with Crippen molar-refractivity contribution in [3.05, 3.63) is 35.8 Å². The van der Waals surface area contributed by atoms with Gasteiger partial charge in [0.25, 0.3) is 0 Å². The fourth-order valence-electron chi connectivity index (χ4n) is 2.10. The Balaban J connectivity index is 1.91. The van der Waals surface area contributed by atoms with Gasteiger partial charge in [0.05, 0.1) is 5.69 Å². The van der Waals surface area contributed by atoms with Gasteiger partial charge < -0.3 is 15.0 Å². The van der Waals surface area contributed by atoms with E-state index in [0.29, 0.717) is 0 Å². The molecule has 2 aromatic rings. The maximum Gasteiger partial charge on any atom is 0.190 e. The number of rotatable bonds is 5. The summed E-state index contributed by atoms with van der Waals surface area (Å²) in [6.45, 7) is 5.99. The van der Waals surface area contributed by atoms with Crippen molar-refractivity contribution in [2.24, 2.45) is 4.99 Å². The van der Waals surface area contributed by atoms with Gasteiger partial charge in [0.1, 0.15) is 5.65 Å². The van der Waals surface area contributed by atoms with Gasteiger partial charge in [0.15, 0.2) is 5.96 Å². The van der Waals surface area contributed by atoms with E-state index in [4.69, 9.17) is 0 Å². The molecule has 0 radical (unpaired) electrons. The second kappa shape index (κ2) is 6.93. The van der Waals surface area contributed by atoms with E-state index in [9.17, 15) is 0 Å². The predicted molar refractivity (Wildman–Crippen MR) is 83.3 cm³/mol. The van der Waals surface area contributed by atoms with Gasteiger partial charge in [0.2, 0.25) is 0 Å². The topological polar surface area (TPSA) is 53.7 Å². The van der Waals surface area contributed by atoms with Crippen molar-refractivity contribution in [2.75, 3.05) is 20.1 Å². The number of aryl methyl sites for hydroxylation is 1. The molecule has 0 spiro atoms. The number of guanidine groups is 1. The van der Waals surface area contributed by atoms with Crippen LogP contribution in [0.5, 0.6) is 0 Å². The molecule has 5 heteroatoms. The average molecular weight is 273 g/mol. The Labute approximate surface area is 120 Å². The Morgan fingerprint density at radius 1 is 1.35 bits per heavy atom. The summed E-state index contributed by atoms with van der Waals surface area (Å²) < 4.78 is 2.08. The quantitative estimate of drug-likeness (QED) is 0.645. The molecule has 0 unspecified atom stereocenters. The summed E-state index contributed by atoms with van der Waals surface area (Å²) >= 11 is 0. The van der Waals surface area contributed by atoms with Crippen molar-refractivity contribution in [1.29, 1.82) is 0 Å². The Kier molecular flexibility index (Phi) is 4.98. The molecule has 20 heavy (non-hydrogen) atoms. The van der Waals surface area contributed by atoms with Gasteiger partial charge in [-0.1, -0.05) is 13.0 Å². The lowest BCUT2D eigenvalue weighted by Gasteiger charge is -2.09.